The number of rotatable bonds is 3. The first-order chi connectivity index (χ1) is 10.7. The maximum absolute atomic E-state index is 12.5. The average molecular weight is 323 g/mol. The summed E-state index contributed by atoms with van der Waals surface area (Å²) in [6.45, 7) is 1.58. The Labute approximate surface area is 136 Å². The summed E-state index contributed by atoms with van der Waals surface area (Å²) in [4.78, 5) is 14.4. The fraction of sp³-hybridized carbons (Fsp3) is 0.588. The molecule has 1 aliphatic carbocycles. The molecule has 0 radical (unpaired) electrons. The summed E-state index contributed by atoms with van der Waals surface area (Å²) in [5.74, 6) is 0.421. The Morgan fingerprint density at radius 2 is 2.23 bits per heavy atom. The molecule has 1 aromatic carbocycles. The smallest absolute Gasteiger partial charge is 0.317 e. The van der Waals surface area contributed by atoms with Gasteiger partial charge >= 0.3 is 6.03 Å². The minimum absolute atomic E-state index is 0.0236. The molecule has 120 valence electrons. The highest BCUT2D eigenvalue weighted by molar-refractivity contribution is 6.30. The number of carbonyl (C=O) groups excluding carboxylic acids is 1. The number of carbonyl (C=O) groups is 1. The fourth-order valence-corrected chi connectivity index (χ4v) is 3.88. The van der Waals surface area contributed by atoms with E-state index >= 15 is 0 Å². The zero-order valence-electron chi connectivity index (χ0n) is 12.7. The SMILES string of the molecule is O=C(N[C@H]1CCC[C@H]1CCO)N1CCc2cc(Cl)ccc2C1. The number of aliphatic hydroxyl groups is 1. The number of halogens is 1. The van der Waals surface area contributed by atoms with Crippen molar-refractivity contribution in [2.45, 2.75) is 44.7 Å². The first-order valence-corrected chi connectivity index (χ1v) is 8.49. The van der Waals surface area contributed by atoms with Gasteiger partial charge in [0.05, 0.1) is 0 Å². The number of benzene rings is 1. The van der Waals surface area contributed by atoms with Crippen LogP contribution in [0, 0.1) is 5.92 Å². The Hall–Kier alpha value is -1.26. The first kappa shape index (κ1) is 15.6. The molecule has 5 heteroatoms. The molecule has 4 nitrogen and oxygen atoms in total. The van der Waals surface area contributed by atoms with E-state index in [-0.39, 0.29) is 18.7 Å². The van der Waals surface area contributed by atoms with Crippen LogP contribution >= 0.6 is 11.6 Å². The van der Waals surface area contributed by atoms with Gasteiger partial charge in [-0.05, 0) is 54.9 Å². The Morgan fingerprint density at radius 3 is 3.05 bits per heavy atom. The molecule has 22 heavy (non-hydrogen) atoms. The molecule has 1 saturated carbocycles. The van der Waals surface area contributed by atoms with Gasteiger partial charge in [0.2, 0.25) is 0 Å². The minimum Gasteiger partial charge on any atom is -0.396 e. The molecular formula is C17H23ClN2O2. The van der Waals surface area contributed by atoms with Gasteiger partial charge in [0.25, 0.3) is 0 Å². The van der Waals surface area contributed by atoms with Crippen molar-refractivity contribution in [1.82, 2.24) is 10.2 Å². The number of urea groups is 1. The van der Waals surface area contributed by atoms with Crippen molar-refractivity contribution < 1.29 is 9.90 Å². The highest BCUT2D eigenvalue weighted by Gasteiger charge is 2.30. The number of hydrogen-bond acceptors (Lipinski definition) is 2. The summed E-state index contributed by atoms with van der Waals surface area (Å²) in [6.07, 6.45) is 4.90. The maximum Gasteiger partial charge on any atom is 0.317 e. The van der Waals surface area contributed by atoms with Crippen molar-refractivity contribution >= 4 is 17.6 Å². The Balaban J connectivity index is 1.60. The van der Waals surface area contributed by atoms with Crippen LogP contribution in [0.2, 0.25) is 5.02 Å². The molecule has 1 heterocycles. The number of nitrogens with one attached hydrogen (secondary N) is 1. The van der Waals surface area contributed by atoms with Crippen molar-refractivity contribution in [3.05, 3.63) is 34.3 Å². The molecule has 3 rings (SSSR count). The predicted molar refractivity (Wildman–Crippen MR) is 86.9 cm³/mol. The molecule has 2 atom stereocenters. The van der Waals surface area contributed by atoms with Gasteiger partial charge in [-0.1, -0.05) is 24.1 Å². The summed E-state index contributed by atoms with van der Waals surface area (Å²) >= 11 is 6.02. The number of aliphatic hydroxyl groups excluding tert-OH is 1. The van der Waals surface area contributed by atoms with E-state index in [0.717, 1.165) is 43.7 Å². The Kier molecular flexibility index (Phi) is 4.89. The zero-order chi connectivity index (χ0) is 15.5. The van der Waals surface area contributed by atoms with Crippen molar-refractivity contribution in [2.24, 2.45) is 5.92 Å². The van der Waals surface area contributed by atoms with E-state index in [1.54, 1.807) is 0 Å². The standard InChI is InChI=1S/C17H23ClN2O2/c18-15-5-4-14-11-20(8-6-13(14)10-15)17(22)19-16-3-1-2-12(16)7-9-21/h4-5,10,12,16,21H,1-3,6-9,11H2,(H,19,22)/t12-,16-/m0/s1. The summed E-state index contributed by atoms with van der Waals surface area (Å²) in [6, 6.07) is 6.14. The van der Waals surface area contributed by atoms with Crippen LogP contribution in [0.15, 0.2) is 18.2 Å². The maximum atomic E-state index is 12.5. The van der Waals surface area contributed by atoms with Gasteiger partial charge in [0.15, 0.2) is 0 Å². The second-order valence-corrected chi connectivity index (χ2v) is 6.78. The predicted octanol–water partition coefficient (Wildman–Crippen LogP) is 2.96. The quantitative estimate of drug-likeness (QED) is 0.899. The van der Waals surface area contributed by atoms with Gasteiger partial charge < -0.3 is 15.3 Å². The summed E-state index contributed by atoms with van der Waals surface area (Å²) in [5.41, 5.74) is 2.43. The molecule has 2 amide bonds. The monoisotopic (exact) mass is 322 g/mol. The van der Waals surface area contributed by atoms with Crippen LogP contribution in [0.3, 0.4) is 0 Å². The summed E-state index contributed by atoms with van der Waals surface area (Å²) in [5, 5.41) is 13.1. The third kappa shape index (κ3) is 3.39. The number of hydrogen-bond donors (Lipinski definition) is 2. The molecule has 0 spiro atoms. The Bertz CT molecular complexity index is 549. The highest BCUT2D eigenvalue weighted by atomic mass is 35.5. The lowest BCUT2D eigenvalue weighted by molar-refractivity contribution is 0.181. The minimum atomic E-state index is 0.0236. The highest BCUT2D eigenvalue weighted by Crippen LogP contribution is 2.29. The zero-order valence-corrected chi connectivity index (χ0v) is 13.5. The molecular weight excluding hydrogens is 300 g/mol. The van der Waals surface area contributed by atoms with Crippen molar-refractivity contribution in [2.75, 3.05) is 13.2 Å². The summed E-state index contributed by atoms with van der Waals surface area (Å²) in [7, 11) is 0. The summed E-state index contributed by atoms with van der Waals surface area (Å²) < 4.78 is 0. The van der Waals surface area contributed by atoms with Gasteiger partial charge in [-0.25, -0.2) is 4.79 Å². The topological polar surface area (TPSA) is 52.6 Å². The van der Waals surface area contributed by atoms with Gasteiger partial charge in [-0.2, -0.15) is 0 Å². The second kappa shape index (κ2) is 6.88. The lowest BCUT2D eigenvalue weighted by Crippen LogP contribution is -2.47. The van der Waals surface area contributed by atoms with E-state index in [1.807, 2.05) is 23.1 Å². The van der Waals surface area contributed by atoms with Crippen LogP contribution in [0.4, 0.5) is 4.79 Å². The van der Waals surface area contributed by atoms with Gasteiger partial charge in [0, 0.05) is 30.8 Å². The largest absolute Gasteiger partial charge is 0.396 e. The second-order valence-electron chi connectivity index (χ2n) is 6.34. The Morgan fingerprint density at radius 1 is 1.36 bits per heavy atom. The van der Waals surface area contributed by atoms with E-state index in [0.29, 0.717) is 12.5 Å². The first-order valence-electron chi connectivity index (χ1n) is 8.11. The van der Waals surface area contributed by atoms with Gasteiger partial charge in [-0.15, -0.1) is 0 Å². The lowest BCUT2D eigenvalue weighted by atomic mass is 9.99. The van der Waals surface area contributed by atoms with E-state index in [9.17, 15) is 4.79 Å². The number of fused-ring (bicyclic) bond motifs is 1. The van der Waals surface area contributed by atoms with Crippen molar-refractivity contribution in [3.8, 4) is 0 Å². The molecule has 0 bridgehead atoms. The molecule has 1 aromatic rings. The molecule has 1 fully saturated rings. The molecule has 2 N–H and O–H groups in total. The van der Waals surface area contributed by atoms with Crippen LogP contribution in [0.25, 0.3) is 0 Å². The normalized spacial score (nSPS) is 24.2. The van der Waals surface area contributed by atoms with Crippen LogP contribution in [-0.2, 0) is 13.0 Å². The molecule has 0 aromatic heterocycles. The third-order valence-electron chi connectivity index (χ3n) is 4.94. The van der Waals surface area contributed by atoms with E-state index in [1.165, 1.54) is 11.1 Å². The fourth-order valence-electron chi connectivity index (χ4n) is 3.68. The number of nitrogens with zero attached hydrogens (tertiary/aromatic N) is 1. The van der Waals surface area contributed by atoms with Gasteiger partial charge in [0.1, 0.15) is 0 Å². The van der Waals surface area contributed by atoms with Crippen molar-refractivity contribution in [3.63, 3.8) is 0 Å². The molecule has 0 unspecified atom stereocenters. The lowest BCUT2D eigenvalue weighted by Gasteiger charge is -2.31. The average Bonchev–Trinajstić information content (AvgIpc) is 2.94. The number of amides is 2. The van der Waals surface area contributed by atoms with Crippen LogP contribution in [0.1, 0.15) is 36.8 Å². The molecule has 2 aliphatic rings. The van der Waals surface area contributed by atoms with Crippen LogP contribution in [-0.4, -0.2) is 35.2 Å². The third-order valence-corrected chi connectivity index (χ3v) is 5.17. The van der Waals surface area contributed by atoms with Crippen molar-refractivity contribution in [1.29, 1.82) is 0 Å². The van der Waals surface area contributed by atoms with Crippen LogP contribution < -0.4 is 5.32 Å². The van der Waals surface area contributed by atoms with Crippen LogP contribution in [0.5, 0.6) is 0 Å². The van der Waals surface area contributed by atoms with E-state index in [4.69, 9.17) is 16.7 Å². The molecule has 1 aliphatic heterocycles. The van der Waals surface area contributed by atoms with Gasteiger partial charge in [-0.3, -0.25) is 0 Å². The van der Waals surface area contributed by atoms with E-state index < -0.39 is 0 Å². The van der Waals surface area contributed by atoms with E-state index in [2.05, 4.69) is 5.32 Å². The molecule has 0 saturated heterocycles.